The van der Waals surface area contributed by atoms with Crippen LogP contribution in [0.4, 0.5) is 0 Å². The van der Waals surface area contributed by atoms with Crippen molar-refractivity contribution >= 4 is 5.97 Å². The Morgan fingerprint density at radius 2 is 1.77 bits per heavy atom. The number of nitrogens with one attached hydrogen (secondary N) is 1. The number of ether oxygens (including phenoxy) is 2. The van der Waals surface area contributed by atoms with Crippen molar-refractivity contribution in [3.05, 3.63) is 29.8 Å². The third-order valence-corrected chi connectivity index (χ3v) is 4.16. The SMILES string of the molecule is C[NH+]1CCC(OC(=O)COc2ccc(C(C)(C)C)cc2)CC1. The second-order valence-corrected chi connectivity index (χ2v) is 7.21. The Morgan fingerprint density at radius 3 is 2.32 bits per heavy atom. The molecule has 0 amide bonds. The summed E-state index contributed by atoms with van der Waals surface area (Å²) in [4.78, 5) is 13.3. The van der Waals surface area contributed by atoms with E-state index in [1.807, 2.05) is 24.3 Å². The van der Waals surface area contributed by atoms with Gasteiger partial charge in [-0.3, -0.25) is 0 Å². The fraction of sp³-hybridized carbons (Fsp3) is 0.611. The van der Waals surface area contributed by atoms with E-state index in [4.69, 9.17) is 9.47 Å². The minimum absolute atomic E-state index is 0.0198. The highest BCUT2D eigenvalue weighted by atomic mass is 16.6. The van der Waals surface area contributed by atoms with Gasteiger partial charge in [0.05, 0.1) is 20.1 Å². The first-order chi connectivity index (χ1) is 10.3. The number of rotatable bonds is 4. The molecule has 0 unspecified atom stereocenters. The summed E-state index contributed by atoms with van der Waals surface area (Å²) < 4.78 is 11.0. The topological polar surface area (TPSA) is 40.0 Å². The van der Waals surface area contributed by atoms with Crippen molar-refractivity contribution in [1.29, 1.82) is 0 Å². The minimum atomic E-state index is -0.274. The molecule has 0 atom stereocenters. The van der Waals surface area contributed by atoms with Crippen molar-refractivity contribution in [2.24, 2.45) is 0 Å². The quantitative estimate of drug-likeness (QED) is 0.859. The number of carbonyl (C=O) groups excluding carboxylic acids is 1. The Morgan fingerprint density at radius 1 is 1.18 bits per heavy atom. The monoisotopic (exact) mass is 306 g/mol. The lowest BCUT2D eigenvalue weighted by Gasteiger charge is -2.26. The van der Waals surface area contributed by atoms with Crippen LogP contribution >= 0.6 is 0 Å². The number of quaternary nitrogens is 1. The largest absolute Gasteiger partial charge is 0.482 e. The van der Waals surface area contributed by atoms with Crippen LogP contribution in [0.3, 0.4) is 0 Å². The molecule has 0 radical (unpaired) electrons. The zero-order chi connectivity index (χ0) is 16.2. The molecule has 4 nitrogen and oxygen atoms in total. The molecule has 1 aromatic rings. The molecule has 1 heterocycles. The Hall–Kier alpha value is -1.55. The summed E-state index contributed by atoms with van der Waals surface area (Å²) in [5.74, 6) is 0.433. The number of hydrogen-bond acceptors (Lipinski definition) is 3. The Balaban J connectivity index is 1.76. The molecule has 1 N–H and O–H groups in total. The van der Waals surface area contributed by atoms with Crippen LogP contribution in [0.5, 0.6) is 5.75 Å². The molecule has 2 rings (SSSR count). The first-order valence-corrected chi connectivity index (χ1v) is 8.09. The maximum Gasteiger partial charge on any atom is 0.344 e. The van der Waals surface area contributed by atoms with Crippen molar-refractivity contribution in [3.8, 4) is 5.75 Å². The van der Waals surface area contributed by atoms with Gasteiger partial charge in [-0.05, 0) is 23.1 Å². The molecule has 0 bridgehead atoms. The highest BCUT2D eigenvalue weighted by Gasteiger charge is 2.22. The van der Waals surface area contributed by atoms with Crippen LogP contribution in [0.1, 0.15) is 39.2 Å². The first-order valence-electron chi connectivity index (χ1n) is 8.09. The first kappa shape index (κ1) is 16.8. The van der Waals surface area contributed by atoms with E-state index in [9.17, 15) is 4.79 Å². The summed E-state index contributed by atoms with van der Waals surface area (Å²) >= 11 is 0. The van der Waals surface area contributed by atoms with Crippen LogP contribution in [0.15, 0.2) is 24.3 Å². The van der Waals surface area contributed by atoms with Crippen molar-refractivity contribution in [3.63, 3.8) is 0 Å². The molecule has 0 aromatic heterocycles. The lowest BCUT2D eigenvalue weighted by atomic mass is 9.87. The summed E-state index contributed by atoms with van der Waals surface area (Å²) in [6.45, 7) is 8.62. The summed E-state index contributed by atoms with van der Waals surface area (Å²) in [6, 6.07) is 7.90. The van der Waals surface area contributed by atoms with Gasteiger partial charge in [-0.25, -0.2) is 4.79 Å². The fourth-order valence-electron chi connectivity index (χ4n) is 2.62. The average Bonchev–Trinajstić information content (AvgIpc) is 2.47. The van der Waals surface area contributed by atoms with Gasteiger partial charge in [0.25, 0.3) is 0 Å². The summed E-state index contributed by atoms with van der Waals surface area (Å²) in [5, 5.41) is 0. The van der Waals surface area contributed by atoms with Crippen molar-refractivity contribution < 1.29 is 19.2 Å². The maximum absolute atomic E-state index is 11.8. The molecular weight excluding hydrogens is 278 g/mol. The molecule has 0 saturated carbocycles. The Kier molecular flexibility index (Phi) is 5.46. The zero-order valence-corrected chi connectivity index (χ0v) is 14.1. The molecule has 0 aliphatic carbocycles. The van der Waals surface area contributed by atoms with Crippen molar-refractivity contribution in [1.82, 2.24) is 0 Å². The van der Waals surface area contributed by atoms with Gasteiger partial charge in [-0.15, -0.1) is 0 Å². The molecule has 1 aromatic carbocycles. The van der Waals surface area contributed by atoms with Gasteiger partial charge in [-0.2, -0.15) is 0 Å². The van der Waals surface area contributed by atoms with E-state index in [-0.39, 0.29) is 24.1 Å². The molecular formula is C18H28NO3+. The number of esters is 1. The van der Waals surface area contributed by atoms with E-state index >= 15 is 0 Å². The van der Waals surface area contributed by atoms with Gasteiger partial charge in [-0.1, -0.05) is 32.9 Å². The van der Waals surface area contributed by atoms with Crippen LogP contribution < -0.4 is 9.64 Å². The van der Waals surface area contributed by atoms with Crippen LogP contribution in [-0.2, 0) is 14.9 Å². The van der Waals surface area contributed by atoms with Crippen LogP contribution in [0.2, 0.25) is 0 Å². The van der Waals surface area contributed by atoms with Gasteiger partial charge in [0.2, 0.25) is 0 Å². The highest BCUT2D eigenvalue weighted by Crippen LogP contribution is 2.24. The van der Waals surface area contributed by atoms with E-state index in [2.05, 4.69) is 27.8 Å². The van der Waals surface area contributed by atoms with Crippen molar-refractivity contribution in [2.75, 3.05) is 26.7 Å². The summed E-state index contributed by atoms with van der Waals surface area (Å²) in [7, 11) is 2.17. The van der Waals surface area contributed by atoms with Gasteiger partial charge < -0.3 is 14.4 Å². The van der Waals surface area contributed by atoms with E-state index in [1.165, 1.54) is 10.5 Å². The van der Waals surface area contributed by atoms with E-state index in [1.54, 1.807) is 0 Å². The van der Waals surface area contributed by atoms with Gasteiger partial charge in [0, 0.05) is 12.8 Å². The molecule has 122 valence electrons. The minimum Gasteiger partial charge on any atom is -0.482 e. The number of benzene rings is 1. The predicted molar refractivity (Wildman–Crippen MR) is 86.4 cm³/mol. The molecule has 1 fully saturated rings. The molecule has 1 aliphatic heterocycles. The second kappa shape index (κ2) is 7.14. The van der Waals surface area contributed by atoms with E-state index < -0.39 is 0 Å². The molecule has 1 saturated heterocycles. The fourth-order valence-corrected chi connectivity index (χ4v) is 2.62. The molecule has 22 heavy (non-hydrogen) atoms. The third-order valence-electron chi connectivity index (χ3n) is 4.16. The van der Waals surface area contributed by atoms with E-state index in [0.717, 1.165) is 25.9 Å². The van der Waals surface area contributed by atoms with Gasteiger partial charge in [0.1, 0.15) is 11.9 Å². The smallest absolute Gasteiger partial charge is 0.344 e. The number of carbonyl (C=O) groups is 1. The lowest BCUT2D eigenvalue weighted by Crippen LogP contribution is -3.10. The van der Waals surface area contributed by atoms with Gasteiger partial charge >= 0.3 is 5.97 Å². The van der Waals surface area contributed by atoms with Crippen molar-refractivity contribution in [2.45, 2.75) is 45.1 Å². The average molecular weight is 306 g/mol. The third kappa shape index (κ3) is 5.02. The molecule has 0 spiro atoms. The predicted octanol–water partition coefficient (Wildman–Crippen LogP) is 1.58. The number of piperidine rings is 1. The summed E-state index contributed by atoms with van der Waals surface area (Å²) in [6.07, 6.45) is 1.94. The normalized spacial score (nSPS) is 22.2. The summed E-state index contributed by atoms with van der Waals surface area (Å²) in [5.41, 5.74) is 1.37. The second-order valence-electron chi connectivity index (χ2n) is 7.21. The van der Waals surface area contributed by atoms with Crippen LogP contribution in [-0.4, -0.2) is 38.8 Å². The lowest BCUT2D eigenvalue weighted by molar-refractivity contribution is -0.885. The van der Waals surface area contributed by atoms with E-state index in [0.29, 0.717) is 5.75 Å². The maximum atomic E-state index is 11.8. The van der Waals surface area contributed by atoms with Crippen LogP contribution in [0, 0.1) is 0 Å². The number of hydrogen-bond donors (Lipinski definition) is 1. The standard InChI is InChI=1S/C18H27NO3/c1-18(2,3)14-5-7-15(8-6-14)21-13-17(20)22-16-9-11-19(4)12-10-16/h5-8,16H,9-13H2,1-4H3/p+1. The Bertz CT molecular complexity index is 482. The highest BCUT2D eigenvalue weighted by molar-refractivity contribution is 5.71. The molecule has 1 aliphatic rings. The van der Waals surface area contributed by atoms with Gasteiger partial charge in [0.15, 0.2) is 6.61 Å². The molecule has 4 heteroatoms. The number of likely N-dealkylation sites (tertiary alicyclic amines) is 1. The van der Waals surface area contributed by atoms with Crippen LogP contribution in [0.25, 0.3) is 0 Å². The zero-order valence-electron chi connectivity index (χ0n) is 14.1. The Labute approximate surface area is 133 Å².